The zero-order valence-corrected chi connectivity index (χ0v) is 14.6. The number of hydrogen-bond donors (Lipinski definition) is 2. The van der Waals surface area contributed by atoms with Crippen LogP contribution >= 0.6 is 0 Å². The van der Waals surface area contributed by atoms with Crippen LogP contribution in [0.15, 0.2) is 30.3 Å². The molecule has 2 N–H and O–H groups in total. The molecule has 0 radical (unpaired) electrons. The lowest BCUT2D eigenvalue weighted by molar-refractivity contribution is -0.137. The lowest BCUT2D eigenvalue weighted by atomic mass is 9.98. The number of amides is 1. The van der Waals surface area contributed by atoms with Crippen LogP contribution < -0.4 is 5.32 Å². The van der Waals surface area contributed by atoms with Gasteiger partial charge in [-0.25, -0.2) is 0 Å². The summed E-state index contributed by atoms with van der Waals surface area (Å²) >= 11 is 0. The average Bonchev–Trinajstić information content (AvgIpc) is 2.81. The molecule has 1 atom stereocenters. The fraction of sp³-hybridized carbons (Fsp3) is 0.368. The number of carboxylic acid groups (broad SMARTS) is 1. The van der Waals surface area contributed by atoms with E-state index in [1.807, 2.05) is 58.0 Å². The number of hydrogen-bond acceptors (Lipinski definition) is 2. The largest absolute Gasteiger partial charge is 0.481 e. The van der Waals surface area contributed by atoms with Crippen molar-refractivity contribution in [1.29, 1.82) is 0 Å². The Labute approximate surface area is 142 Å². The van der Waals surface area contributed by atoms with Gasteiger partial charge in [-0.15, -0.1) is 0 Å². The summed E-state index contributed by atoms with van der Waals surface area (Å²) in [7, 11) is 0. The fourth-order valence-corrected chi connectivity index (χ4v) is 3.14. The zero-order valence-electron chi connectivity index (χ0n) is 14.6. The molecule has 0 bridgehead atoms. The van der Waals surface area contributed by atoms with Gasteiger partial charge in [0.05, 0.1) is 18.0 Å². The number of rotatable bonds is 6. The molecule has 1 unspecified atom stereocenters. The summed E-state index contributed by atoms with van der Waals surface area (Å²) in [6.45, 7) is 8.61. The van der Waals surface area contributed by atoms with Gasteiger partial charge in [-0.05, 0) is 44.9 Å². The van der Waals surface area contributed by atoms with Crippen molar-refractivity contribution in [3.63, 3.8) is 0 Å². The first-order chi connectivity index (χ1) is 11.3. The number of carboxylic acids is 1. The molecule has 0 fully saturated rings. The van der Waals surface area contributed by atoms with Gasteiger partial charge in [-0.1, -0.05) is 24.3 Å². The molecule has 5 heteroatoms. The molecule has 1 aromatic heterocycles. The van der Waals surface area contributed by atoms with E-state index in [1.165, 1.54) is 0 Å². The molecule has 0 aliphatic heterocycles. The van der Waals surface area contributed by atoms with E-state index in [4.69, 9.17) is 0 Å². The van der Waals surface area contributed by atoms with Crippen molar-refractivity contribution in [3.05, 3.63) is 58.4 Å². The number of carbonyl (C=O) groups is 2. The van der Waals surface area contributed by atoms with Gasteiger partial charge in [-0.3, -0.25) is 9.59 Å². The standard InChI is InChI=1S/C19H24N2O3/c1-5-21-13(3)10-16(14(21)4)19(24)20-17(11-18(22)23)15-9-7-6-8-12(15)2/h6-10,17H,5,11H2,1-4H3,(H,20,24)(H,22,23). The molecular formula is C19H24N2O3. The molecule has 0 aliphatic carbocycles. The molecule has 128 valence electrons. The molecule has 0 spiro atoms. The van der Waals surface area contributed by atoms with E-state index in [2.05, 4.69) is 9.88 Å². The minimum atomic E-state index is -0.942. The van der Waals surface area contributed by atoms with Crippen LogP contribution in [0.2, 0.25) is 0 Å². The third kappa shape index (κ3) is 3.67. The van der Waals surface area contributed by atoms with E-state index in [9.17, 15) is 14.7 Å². The summed E-state index contributed by atoms with van der Waals surface area (Å²) in [6.07, 6.45) is -0.150. The number of nitrogens with zero attached hydrogens (tertiary/aromatic N) is 1. The van der Waals surface area contributed by atoms with Crippen LogP contribution in [0.4, 0.5) is 0 Å². The number of carbonyl (C=O) groups excluding carboxylic acids is 1. The topological polar surface area (TPSA) is 71.3 Å². The second-order valence-corrected chi connectivity index (χ2v) is 6.01. The summed E-state index contributed by atoms with van der Waals surface area (Å²) in [6, 6.07) is 8.82. The highest BCUT2D eigenvalue weighted by Crippen LogP contribution is 2.22. The summed E-state index contributed by atoms with van der Waals surface area (Å²) in [5, 5.41) is 12.1. The van der Waals surface area contributed by atoms with Gasteiger partial charge < -0.3 is 15.0 Å². The first kappa shape index (κ1) is 17.8. The van der Waals surface area contributed by atoms with Gasteiger partial charge in [0.2, 0.25) is 0 Å². The molecule has 1 heterocycles. The SMILES string of the molecule is CCn1c(C)cc(C(=O)NC(CC(=O)O)c2ccccc2C)c1C. The zero-order chi connectivity index (χ0) is 17.9. The van der Waals surface area contributed by atoms with Crippen LogP contribution in [0, 0.1) is 20.8 Å². The van der Waals surface area contributed by atoms with Gasteiger partial charge in [0.1, 0.15) is 0 Å². The highest BCUT2D eigenvalue weighted by molar-refractivity contribution is 5.96. The summed E-state index contributed by atoms with van der Waals surface area (Å²) in [4.78, 5) is 23.9. The van der Waals surface area contributed by atoms with Crippen molar-refractivity contribution in [1.82, 2.24) is 9.88 Å². The van der Waals surface area contributed by atoms with E-state index in [1.54, 1.807) is 0 Å². The predicted molar refractivity (Wildman–Crippen MR) is 93.2 cm³/mol. The minimum Gasteiger partial charge on any atom is -0.481 e. The molecular weight excluding hydrogens is 304 g/mol. The molecule has 1 aromatic carbocycles. The summed E-state index contributed by atoms with van der Waals surface area (Å²) in [5.74, 6) is -1.18. The normalized spacial score (nSPS) is 12.0. The third-order valence-electron chi connectivity index (χ3n) is 4.38. The maximum absolute atomic E-state index is 12.7. The minimum absolute atomic E-state index is 0.150. The first-order valence-electron chi connectivity index (χ1n) is 8.10. The molecule has 24 heavy (non-hydrogen) atoms. The lowest BCUT2D eigenvalue weighted by Gasteiger charge is -2.19. The van der Waals surface area contributed by atoms with Crippen LogP contribution in [0.5, 0.6) is 0 Å². The number of aliphatic carboxylic acids is 1. The van der Waals surface area contributed by atoms with Crippen LogP contribution in [-0.2, 0) is 11.3 Å². The van der Waals surface area contributed by atoms with Crippen LogP contribution in [0.3, 0.4) is 0 Å². The van der Waals surface area contributed by atoms with Crippen molar-refractivity contribution >= 4 is 11.9 Å². The van der Waals surface area contributed by atoms with Crippen molar-refractivity contribution in [2.75, 3.05) is 0 Å². The smallest absolute Gasteiger partial charge is 0.305 e. The van der Waals surface area contributed by atoms with Crippen LogP contribution in [0.25, 0.3) is 0 Å². The maximum Gasteiger partial charge on any atom is 0.305 e. The highest BCUT2D eigenvalue weighted by atomic mass is 16.4. The number of aryl methyl sites for hydroxylation is 2. The number of benzene rings is 1. The van der Waals surface area contributed by atoms with Gasteiger partial charge in [0.25, 0.3) is 5.91 Å². The monoisotopic (exact) mass is 328 g/mol. The van der Waals surface area contributed by atoms with Gasteiger partial charge in [0.15, 0.2) is 0 Å². The summed E-state index contributed by atoms with van der Waals surface area (Å²) < 4.78 is 2.06. The van der Waals surface area contributed by atoms with Crippen molar-refractivity contribution < 1.29 is 14.7 Å². The fourth-order valence-electron chi connectivity index (χ4n) is 3.14. The Morgan fingerprint density at radius 1 is 1.21 bits per heavy atom. The van der Waals surface area contributed by atoms with E-state index >= 15 is 0 Å². The third-order valence-corrected chi connectivity index (χ3v) is 4.38. The molecule has 0 aliphatic rings. The Morgan fingerprint density at radius 3 is 2.42 bits per heavy atom. The van der Waals surface area contributed by atoms with Gasteiger partial charge in [-0.2, -0.15) is 0 Å². The van der Waals surface area contributed by atoms with E-state index in [0.717, 1.165) is 29.1 Å². The molecule has 0 saturated carbocycles. The Morgan fingerprint density at radius 2 is 1.88 bits per heavy atom. The molecule has 1 amide bonds. The Hall–Kier alpha value is -2.56. The maximum atomic E-state index is 12.7. The van der Waals surface area contributed by atoms with Crippen molar-refractivity contribution in [3.8, 4) is 0 Å². The second kappa shape index (κ2) is 7.34. The first-order valence-corrected chi connectivity index (χ1v) is 8.10. The Bertz CT molecular complexity index is 762. The number of nitrogens with one attached hydrogen (secondary N) is 1. The number of aromatic nitrogens is 1. The molecule has 5 nitrogen and oxygen atoms in total. The average molecular weight is 328 g/mol. The van der Waals surface area contributed by atoms with Gasteiger partial charge >= 0.3 is 5.97 Å². The second-order valence-electron chi connectivity index (χ2n) is 6.01. The van der Waals surface area contributed by atoms with E-state index < -0.39 is 12.0 Å². The molecule has 2 rings (SSSR count). The Kier molecular flexibility index (Phi) is 5.44. The Balaban J connectivity index is 2.31. The predicted octanol–water partition coefficient (Wildman–Crippen LogP) is 3.38. The van der Waals surface area contributed by atoms with E-state index in [0.29, 0.717) is 5.56 Å². The van der Waals surface area contributed by atoms with Gasteiger partial charge in [0, 0.05) is 17.9 Å². The molecule has 2 aromatic rings. The summed E-state index contributed by atoms with van der Waals surface area (Å²) in [5.41, 5.74) is 4.30. The van der Waals surface area contributed by atoms with Crippen LogP contribution in [0.1, 0.15) is 52.3 Å². The molecule has 0 saturated heterocycles. The van der Waals surface area contributed by atoms with Crippen molar-refractivity contribution in [2.24, 2.45) is 0 Å². The lowest BCUT2D eigenvalue weighted by Crippen LogP contribution is -2.31. The van der Waals surface area contributed by atoms with Crippen molar-refractivity contribution in [2.45, 2.75) is 46.7 Å². The van der Waals surface area contributed by atoms with Crippen LogP contribution in [-0.4, -0.2) is 21.6 Å². The highest BCUT2D eigenvalue weighted by Gasteiger charge is 2.22. The van der Waals surface area contributed by atoms with E-state index in [-0.39, 0.29) is 12.3 Å². The quantitative estimate of drug-likeness (QED) is 0.854.